The fourth-order valence-electron chi connectivity index (χ4n) is 3.92. The fourth-order valence-corrected chi connectivity index (χ4v) is 3.92. The molecule has 0 unspecified atom stereocenters. The molecule has 6 nitrogen and oxygen atoms in total. The molecule has 0 saturated carbocycles. The molecule has 6 heteroatoms. The van der Waals surface area contributed by atoms with Crippen LogP contribution >= 0.6 is 0 Å². The van der Waals surface area contributed by atoms with Crippen molar-refractivity contribution in [3.05, 3.63) is 59.7 Å². The molecule has 1 heterocycles. The maximum absolute atomic E-state index is 12.4. The third-order valence-electron chi connectivity index (χ3n) is 5.37. The van der Waals surface area contributed by atoms with Gasteiger partial charge in [-0.2, -0.15) is 0 Å². The van der Waals surface area contributed by atoms with E-state index < -0.39 is 5.97 Å². The van der Waals surface area contributed by atoms with Crippen molar-refractivity contribution in [3.63, 3.8) is 0 Å². The summed E-state index contributed by atoms with van der Waals surface area (Å²) in [6, 6.07) is 16.5. The summed E-state index contributed by atoms with van der Waals surface area (Å²) < 4.78 is 11.0. The first-order chi connectivity index (χ1) is 13.6. The second-order valence-corrected chi connectivity index (χ2v) is 7.29. The van der Waals surface area contributed by atoms with E-state index in [0.29, 0.717) is 26.3 Å². The molecule has 146 valence electrons. The van der Waals surface area contributed by atoms with E-state index in [-0.39, 0.29) is 31.0 Å². The van der Waals surface area contributed by atoms with Crippen molar-refractivity contribution in [1.29, 1.82) is 0 Å². The molecular weight excluding hydrogens is 358 g/mol. The summed E-state index contributed by atoms with van der Waals surface area (Å²) in [6.07, 6.45) is -0.299. The molecule has 1 aliphatic carbocycles. The summed E-state index contributed by atoms with van der Waals surface area (Å²) in [5.74, 6) is -0.559. The lowest BCUT2D eigenvalue weighted by atomic mass is 9.98. The molecule has 2 aromatic rings. The number of carboxylic acids is 1. The largest absolute Gasteiger partial charge is 0.481 e. The van der Waals surface area contributed by atoms with Gasteiger partial charge < -0.3 is 19.5 Å². The molecule has 2 aliphatic rings. The van der Waals surface area contributed by atoms with Crippen molar-refractivity contribution in [2.75, 3.05) is 32.9 Å². The normalized spacial score (nSPS) is 15.6. The van der Waals surface area contributed by atoms with Crippen LogP contribution in [0.4, 0.5) is 4.79 Å². The van der Waals surface area contributed by atoms with E-state index in [1.54, 1.807) is 4.90 Å². The molecule has 2 aromatic carbocycles. The van der Waals surface area contributed by atoms with Gasteiger partial charge in [0.25, 0.3) is 0 Å². The Bertz CT molecular complexity index is 829. The van der Waals surface area contributed by atoms with Crippen molar-refractivity contribution in [3.8, 4) is 11.1 Å². The number of carbonyl (C=O) groups excluding carboxylic acids is 1. The molecule has 0 atom stereocenters. The van der Waals surface area contributed by atoms with Gasteiger partial charge in [-0.1, -0.05) is 48.5 Å². The molecule has 28 heavy (non-hydrogen) atoms. The Morgan fingerprint density at radius 1 is 0.964 bits per heavy atom. The van der Waals surface area contributed by atoms with Crippen LogP contribution in [0, 0.1) is 5.92 Å². The number of ether oxygens (including phenoxy) is 2. The van der Waals surface area contributed by atoms with Gasteiger partial charge in [0.2, 0.25) is 0 Å². The molecule has 0 bridgehead atoms. The third-order valence-corrected chi connectivity index (χ3v) is 5.37. The zero-order valence-corrected chi connectivity index (χ0v) is 15.5. The van der Waals surface area contributed by atoms with Crippen LogP contribution in [0.1, 0.15) is 23.5 Å². The van der Waals surface area contributed by atoms with Gasteiger partial charge in [0.1, 0.15) is 6.61 Å². The zero-order valence-electron chi connectivity index (χ0n) is 15.5. The van der Waals surface area contributed by atoms with Gasteiger partial charge in [-0.05, 0) is 22.3 Å². The van der Waals surface area contributed by atoms with Gasteiger partial charge in [0, 0.05) is 24.9 Å². The lowest BCUT2D eigenvalue weighted by molar-refractivity contribution is -0.138. The predicted molar refractivity (Wildman–Crippen MR) is 103 cm³/mol. The number of fused-ring (bicyclic) bond motifs is 3. The minimum absolute atomic E-state index is 0.00279. The summed E-state index contributed by atoms with van der Waals surface area (Å²) in [6.45, 7) is 2.17. The van der Waals surface area contributed by atoms with Crippen molar-refractivity contribution < 1.29 is 24.2 Å². The monoisotopic (exact) mass is 381 g/mol. The zero-order chi connectivity index (χ0) is 19.5. The van der Waals surface area contributed by atoms with Crippen LogP contribution in [0.25, 0.3) is 11.1 Å². The first kappa shape index (κ1) is 18.5. The van der Waals surface area contributed by atoms with Crippen LogP contribution in [-0.4, -0.2) is 55.0 Å². The SMILES string of the molecule is O=C(O)CCOCC1CN(C(=O)OCC2c3ccccc3-c3ccccc32)C1. The number of rotatable bonds is 7. The highest BCUT2D eigenvalue weighted by Crippen LogP contribution is 2.44. The van der Waals surface area contributed by atoms with Crippen molar-refractivity contribution >= 4 is 12.1 Å². The molecular formula is C22H23NO5. The second-order valence-electron chi connectivity index (χ2n) is 7.29. The Morgan fingerprint density at radius 3 is 2.18 bits per heavy atom. The van der Waals surface area contributed by atoms with Crippen molar-refractivity contribution in [2.24, 2.45) is 5.92 Å². The molecule has 4 rings (SSSR count). The molecule has 1 saturated heterocycles. The highest BCUT2D eigenvalue weighted by Gasteiger charge is 2.34. The molecule has 1 aliphatic heterocycles. The van der Waals surface area contributed by atoms with Crippen LogP contribution in [0.15, 0.2) is 48.5 Å². The summed E-state index contributed by atoms with van der Waals surface area (Å²) in [4.78, 5) is 24.5. The van der Waals surface area contributed by atoms with E-state index in [9.17, 15) is 9.59 Å². The Labute approximate surface area is 163 Å². The number of amides is 1. The summed E-state index contributed by atoms with van der Waals surface area (Å²) in [7, 11) is 0. The van der Waals surface area contributed by atoms with Crippen LogP contribution in [-0.2, 0) is 14.3 Å². The number of carbonyl (C=O) groups is 2. The van der Waals surface area contributed by atoms with Crippen LogP contribution in [0.2, 0.25) is 0 Å². The Balaban J connectivity index is 1.28. The summed E-state index contributed by atoms with van der Waals surface area (Å²) in [5, 5.41) is 8.59. The maximum Gasteiger partial charge on any atom is 0.409 e. The van der Waals surface area contributed by atoms with Gasteiger partial charge in [0.05, 0.1) is 19.6 Å². The molecule has 1 amide bonds. The molecule has 1 N–H and O–H groups in total. The molecule has 0 radical (unpaired) electrons. The number of carboxylic acid groups (broad SMARTS) is 1. The first-order valence-corrected chi connectivity index (χ1v) is 9.53. The lowest BCUT2D eigenvalue weighted by Gasteiger charge is -2.38. The average molecular weight is 381 g/mol. The smallest absolute Gasteiger partial charge is 0.409 e. The molecule has 1 fully saturated rings. The van der Waals surface area contributed by atoms with Gasteiger partial charge in [-0.25, -0.2) is 4.79 Å². The van der Waals surface area contributed by atoms with Crippen LogP contribution in [0.5, 0.6) is 0 Å². The quantitative estimate of drug-likeness (QED) is 0.745. The van der Waals surface area contributed by atoms with E-state index >= 15 is 0 Å². The van der Waals surface area contributed by atoms with E-state index in [1.807, 2.05) is 24.3 Å². The maximum atomic E-state index is 12.4. The van der Waals surface area contributed by atoms with Crippen molar-refractivity contribution in [1.82, 2.24) is 4.90 Å². The summed E-state index contributed by atoms with van der Waals surface area (Å²) >= 11 is 0. The number of likely N-dealkylation sites (tertiary alicyclic amines) is 1. The van der Waals surface area contributed by atoms with Gasteiger partial charge in [-0.3, -0.25) is 4.79 Å². The van der Waals surface area contributed by atoms with Gasteiger partial charge >= 0.3 is 12.1 Å². The average Bonchev–Trinajstić information content (AvgIpc) is 2.98. The third kappa shape index (κ3) is 3.73. The van der Waals surface area contributed by atoms with Crippen LogP contribution in [0.3, 0.4) is 0 Å². The second kappa shape index (κ2) is 8.02. The van der Waals surface area contributed by atoms with Gasteiger partial charge in [0.15, 0.2) is 0 Å². The standard InChI is InChI=1S/C22H23NO5/c24-21(25)9-10-27-13-15-11-23(12-15)22(26)28-14-20-18-7-3-1-5-16(18)17-6-2-4-8-19(17)20/h1-8,15,20H,9-14H2,(H,24,25). The van der Waals surface area contributed by atoms with Crippen LogP contribution < -0.4 is 0 Å². The fraction of sp³-hybridized carbons (Fsp3) is 0.364. The Hall–Kier alpha value is -2.86. The predicted octanol–water partition coefficient (Wildman–Crippen LogP) is 3.36. The Morgan fingerprint density at radius 2 is 1.57 bits per heavy atom. The highest BCUT2D eigenvalue weighted by atomic mass is 16.6. The first-order valence-electron chi connectivity index (χ1n) is 9.53. The molecule has 0 spiro atoms. The number of benzene rings is 2. The minimum atomic E-state index is -0.867. The number of aliphatic carboxylic acids is 1. The lowest BCUT2D eigenvalue weighted by Crippen LogP contribution is -2.52. The highest BCUT2D eigenvalue weighted by molar-refractivity contribution is 5.79. The Kier molecular flexibility index (Phi) is 5.30. The van der Waals surface area contributed by atoms with E-state index in [4.69, 9.17) is 14.6 Å². The summed E-state index contributed by atoms with van der Waals surface area (Å²) in [5.41, 5.74) is 4.82. The van der Waals surface area contributed by atoms with Gasteiger partial charge in [-0.15, -0.1) is 0 Å². The van der Waals surface area contributed by atoms with Crippen molar-refractivity contribution in [2.45, 2.75) is 12.3 Å². The molecule has 0 aromatic heterocycles. The number of nitrogens with zero attached hydrogens (tertiary/aromatic N) is 1. The number of hydrogen-bond donors (Lipinski definition) is 1. The van der Waals surface area contributed by atoms with E-state index in [1.165, 1.54) is 22.3 Å². The topological polar surface area (TPSA) is 76.1 Å². The minimum Gasteiger partial charge on any atom is -0.481 e. The van der Waals surface area contributed by atoms with E-state index in [2.05, 4.69) is 24.3 Å². The number of hydrogen-bond acceptors (Lipinski definition) is 4. The van der Waals surface area contributed by atoms with E-state index in [0.717, 1.165) is 0 Å².